The summed E-state index contributed by atoms with van der Waals surface area (Å²) < 4.78 is 52.5. The van der Waals surface area contributed by atoms with Crippen molar-refractivity contribution < 1.29 is 56.3 Å². The second kappa shape index (κ2) is 8.68. The highest BCUT2D eigenvalue weighted by Crippen LogP contribution is 2.66. The van der Waals surface area contributed by atoms with Gasteiger partial charge in [0, 0.05) is 5.92 Å². The number of aromatic nitrogens is 4. The monoisotopic (exact) mass is 521 g/mol. The Morgan fingerprint density at radius 3 is 2.50 bits per heavy atom. The van der Waals surface area contributed by atoms with Gasteiger partial charge in [-0.05, 0) is 0 Å². The smallest absolute Gasteiger partial charge is 0.390 e. The molecular weight excluding hydrogens is 503 g/mol. The number of anilines is 1. The standard InChI is InChI=1S/C11H18N5O13P3/c1-4-7(17)5(2-26-31(22,23)29-32(24,25)28-30(19,20)21)27-10(4)16-3-13-6-8(16)14-11(12)15-9(6)18/h3-5,7,10,17H,2H2,1H3,(H,22,23)(H,24,25)(H2,19,20,21)(H3,12,14,15,18). The molecule has 0 amide bonds. The first-order valence-corrected chi connectivity index (χ1v) is 12.9. The number of nitrogen functional groups attached to an aromatic ring is 1. The van der Waals surface area contributed by atoms with E-state index in [1.54, 1.807) is 6.92 Å². The van der Waals surface area contributed by atoms with E-state index in [9.17, 15) is 28.5 Å². The lowest BCUT2D eigenvalue weighted by Crippen LogP contribution is -2.29. The summed E-state index contributed by atoms with van der Waals surface area (Å²) in [7, 11) is -16.6. The molecule has 0 radical (unpaired) electrons. The van der Waals surface area contributed by atoms with E-state index in [0.29, 0.717) is 0 Å². The van der Waals surface area contributed by atoms with Crippen molar-refractivity contribution in [3.8, 4) is 0 Å². The van der Waals surface area contributed by atoms with Gasteiger partial charge in [0.15, 0.2) is 11.2 Å². The van der Waals surface area contributed by atoms with Gasteiger partial charge in [-0.2, -0.15) is 13.6 Å². The van der Waals surface area contributed by atoms with E-state index in [1.165, 1.54) is 10.9 Å². The number of aliphatic hydroxyl groups is 1. The van der Waals surface area contributed by atoms with E-state index >= 15 is 0 Å². The Morgan fingerprint density at radius 2 is 1.88 bits per heavy atom. The largest absolute Gasteiger partial charge is 0.490 e. The lowest BCUT2D eigenvalue weighted by atomic mass is 10.0. The van der Waals surface area contributed by atoms with E-state index in [4.69, 9.17) is 25.2 Å². The van der Waals surface area contributed by atoms with E-state index in [1.807, 2.05) is 0 Å². The number of ether oxygens (including phenoxy) is 1. The molecule has 21 heteroatoms. The highest BCUT2D eigenvalue weighted by Gasteiger charge is 2.45. The minimum atomic E-state index is -5.68. The van der Waals surface area contributed by atoms with Gasteiger partial charge in [-0.15, -0.1) is 0 Å². The maximum Gasteiger partial charge on any atom is 0.490 e. The molecule has 8 N–H and O–H groups in total. The average Bonchev–Trinajstić information content (AvgIpc) is 3.12. The fourth-order valence-corrected chi connectivity index (χ4v) is 5.98. The number of phosphoric ester groups is 1. The normalized spacial score (nSPS) is 27.9. The number of hydrogen-bond acceptors (Lipinski definition) is 12. The van der Waals surface area contributed by atoms with E-state index in [0.717, 1.165) is 0 Å². The van der Waals surface area contributed by atoms with Crippen molar-refractivity contribution in [3.05, 3.63) is 16.7 Å². The molecule has 0 saturated carbocycles. The number of phosphoric acid groups is 3. The number of nitrogens with one attached hydrogen (secondary N) is 1. The molecule has 3 rings (SSSR count). The Bertz CT molecular complexity index is 1210. The van der Waals surface area contributed by atoms with Gasteiger partial charge in [-0.1, -0.05) is 6.92 Å². The molecular formula is C11H18N5O13P3. The maximum absolute atomic E-state index is 11.9. The molecule has 1 aliphatic heterocycles. The molecule has 3 heterocycles. The van der Waals surface area contributed by atoms with Gasteiger partial charge in [-0.3, -0.25) is 18.9 Å². The third kappa shape index (κ3) is 5.69. The molecule has 2 aromatic rings. The molecule has 1 saturated heterocycles. The zero-order valence-corrected chi connectivity index (χ0v) is 18.5. The molecule has 1 fully saturated rings. The van der Waals surface area contributed by atoms with Crippen LogP contribution >= 0.6 is 23.5 Å². The number of nitrogens with two attached hydrogens (primary N) is 1. The van der Waals surface area contributed by atoms with Crippen molar-refractivity contribution in [2.24, 2.45) is 5.92 Å². The minimum Gasteiger partial charge on any atom is -0.390 e. The van der Waals surface area contributed by atoms with Gasteiger partial charge in [-0.25, -0.2) is 18.7 Å². The van der Waals surface area contributed by atoms with Crippen LogP contribution in [-0.2, 0) is 31.6 Å². The molecule has 0 aromatic carbocycles. The lowest BCUT2D eigenvalue weighted by molar-refractivity contribution is -0.0438. The van der Waals surface area contributed by atoms with Crippen molar-refractivity contribution in [1.82, 2.24) is 19.5 Å². The average molecular weight is 521 g/mol. The van der Waals surface area contributed by atoms with Crippen LogP contribution in [0.4, 0.5) is 5.95 Å². The van der Waals surface area contributed by atoms with Crippen molar-refractivity contribution in [1.29, 1.82) is 0 Å². The zero-order valence-electron chi connectivity index (χ0n) is 15.9. The summed E-state index contributed by atoms with van der Waals surface area (Å²) in [6, 6.07) is 0. The number of aromatic amines is 1. The molecule has 0 spiro atoms. The molecule has 180 valence electrons. The third-order valence-corrected chi connectivity index (χ3v) is 8.03. The summed E-state index contributed by atoms with van der Waals surface area (Å²) in [5, 5.41) is 10.4. The van der Waals surface area contributed by atoms with Gasteiger partial charge >= 0.3 is 23.5 Å². The van der Waals surface area contributed by atoms with Crippen LogP contribution in [0.1, 0.15) is 13.2 Å². The maximum atomic E-state index is 11.9. The van der Waals surface area contributed by atoms with Crippen LogP contribution in [0.25, 0.3) is 11.2 Å². The van der Waals surface area contributed by atoms with Gasteiger partial charge in [0.05, 0.1) is 19.0 Å². The Balaban J connectivity index is 1.72. The van der Waals surface area contributed by atoms with Gasteiger partial charge in [0.1, 0.15) is 12.3 Å². The molecule has 6 atom stereocenters. The Labute approximate surface area is 177 Å². The molecule has 32 heavy (non-hydrogen) atoms. The molecule has 1 aliphatic rings. The van der Waals surface area contributed by atoms with Gasteiger partial charge in [0.25, 0.3) is 5.56 Å². The summed E-state index contributed by atoms with van der Waals surface area (Å²) >= 11 is 0. The first-order valence-electron chi connectivity index (χ1n) is 8.43. The quantitative estimate of drug-likeness (QED) is 0.204. The van der Waals surface area contributed by atoms with Crippen molar-refractivity contribution in [2.75, 3.05) is 12.3 Å². The molecule has 2 aromatic heterocycles. The van der Waals surface area contributed by atoms with Crippen LogP contribution in [0.5, 0.6) is 0 Å². The predicted molar refractivity (Wildman–Crippen MR) is 101 cm³/mol. The second-order valence-electron chi connectivity index (χ2n) is 6.58. The first kappa shape index (κ1) is 25.1. The summed E-state index contributed by atoms with van der Waals surface area (Å²) in [6.07, 6.45) is -2.34. The van der Waals surface area contributed by atoms with E-state index in [-0.39, 0.29) is 17.1 Å². The van der Waals surface area contributed by atoms with E-state index < -0.39 is 60.0 Å². The summed E-state index contributed by atoms with van der Waals surface area (Å²) in [5.74, 6) is -0.885. The summed E-state index contributed by atoms with van der Waals surface area (Å²) in [6.45, 7) is 0.691. The lowest BCUT2D eigenvalue weighted by Gasteiger charge is -2.19. The first-order chi connectivity index (χ1) is 14.6. The van der Waals surface area contributed by atoms with Crippen LogP contribution in [0.2, 0.25) is 0 Å². The van der Waals surface area contributed by atoms with Crippen molar-refractivity contribution in [3.63, 3.8) is 0 Å². The number of nitrogens with zero attached hydrogens (tertiary/aromatic N) is 3. The minimum absolute atomic E-state index is 0.0452. The Hall–Kier alpha value is -1.52. The van der Waals surface area contributed by atoms with Crippen molar-refractivity contribution >= 4 is 40.6 Å². The highest BCUT2D eigenvalue weighted by molar-refractivity contribution is 7.66. The van der Waals surface area contributed by atoms with Crippen LogP contribution in [0.3, 0.4) is 0 Å². The SMILES string of the molecule is CC1C(O)C(COP(=O)(O)OP(=O)(O)OP(=O)(O)O)OC1n1cnc2c(=O)[nH]c(N)nc21. The topological polar surface area (TPSA) is 279 Å². The fourth-order valence-electron chi connectivity index (χ4n) is 2.95. The molecule has 0 aliphatic carbocycles. The number of fused-ring (bicyclic) bond motifs is 1. The van der Waals surface area contributed by atoms with Crippen LogP contribution < -0.4 is 11.3 Å². The predicted octanol–water partition coefficient (Wildman–Crippen LogP) is -1.06. The van der Waals surface area contributed by atoms with Crippen LogP contribution in [-0.4, -0.2) is 63.0 Å². The van der Waals surface area contributed by atoms with Gasteiger partial charge < -0.3 is 35.2 Å². The number of H-pyrrole nitrogens is 1. The summed E-state index contributed by atoms with van der Waals surface area (Å²) in [4.78, 5) is 57.8. The highest BCUT2D eigenvalue weighted by atomic mass is 31.3. The van der Waals surface area contributed by atoms with Crippen molar-refractivity contribution in [2.45, 2.75) is 25.4 Å². The molecule has 18 nitrogen and oxygen atoms in total. The number of imidazole rings is 1. The molecule has 6 unspecified atom stereocenters. The fraction of sp³-hybridized carbons (Fsp3) is 0.545. The number of rotatable bonds is 8. The number of hydrogen-bond donors (Lipinski definition) is 7. The van der Waals surface area contributed by atoms with E-state index in [2.05, 4.69) is 28.1 Å². The molecule has 0 bridgehead atoms. The second-order valence-corrected chi connectivity index (χ2v) is 11.0. The third-order valence-electron chi connectivity index (χ3n) is 4.23. The zero-order chi connectivity index (χ0) is 24.1. The van der Waals surface area contributed by atoms with Crippen LogP contribution in [0.15, 0.2) is 11.1 Å². The Kier molecular flexibility index (Phi) is 6.81. The van der Waals surface area contributed by atoms with Crippen LogP contribution in [0, 0.1) is 5.92 Å². The summed E-state index contributed by atoms with van der Waals surface area (Å²) in [5.41, 5.74) is 4.91. The number of aliphatic hydroxyl groups excluding tert-OH is 1. The van der Waals surface area contributed by atoms with Gasteiger partial charge in [0.2, 0.25) is 5.95 Å². The Morgan fingerprint density at radius 1 is 1.22 bits per heavy atom.